The Bertz CT molecular complexity index is 758. The van der Waals surface area contributed by atoms with Gasteiger partial charge in [0, 0.05) is 42.9 Å². The monoisotopic (exact) mass is 307 g/mol. The zero-order valence-electron chi connectivity index (χ0n) is 13.6. The Morgan fingerprint density at radius 3 is 2.91 bits per heavy atom. The molecule has 1 fully saturated rings. The third-order valence-electron chi connectivity index (χ3n) is 5.72. The second kappa shape index (κ2) is 5.15. The van der Waals surface area contributed by atoms with Gasteiger partial charge in [0.25, 0.3) is 0 Å². The van der Waals surface area contributed by atoms with Crippen LogP contribution in [0.4, 0.5) is 0 Å². The van der Waals surface area contributed by atoms with Crippen LogP contribution >= 0.6 is 0 Å². The highest BCUT2D eigenvalue weighted by Crippen LogP contribution is 2.46. The summed E-state index contributed by atoms with van der Waals surface area (Å²) in [6, 6.07) is 6.97. The number of fused-ring (bicyclic) bond motifs is 3. The van der Waals surface area contributed by atoms with Crippen LogP contribution in [0.15, 0.2) is 36.8 Å². The number of rotatable bonds is 1. The molecular formula is C19H21N3O. The Balaban J connectivity index is 1.76. The maximum absolute atomic E-state index is 12.1. The van der Waals surface area contributed by atoms with Crippen LogP contribution in [-0.2, 0) is 16.6 Å². The van der Waals surface area contributed by atoms with Crippen LogP contribution in [0.2, 0.25) is 0 Å². The molecule has 1 aliphatic heterocycles. The molecule has 118 valence electrons. The van der Waals surface area contributed by atoms with Crippen molar-refractivity contribution in [2.45, 2.75) is 44.1 Å². The van der Waals surface area contributed by atoms with Gasteiger partial charge >= 0.3 is 0 Å². The van der Waals surface area contributed by atoms with Crippen LogP contribution in [0.5, 0.6) is 0 Å². The second-order valence-corrected chi connectivity index (χ2v) is 6.94. The van der Waals surface area contributed by atoms with Crippen LogP contribution in [0.25, 0.3) is 11.3 Å². The zero-order chi connectivity index (χ0) is 16.0. The minimum atomic E-state index is 0.0666. The summed E-state index contributed by atoms with van der Waals surface area (Å²) in [5.74, 6) is 0.284. The van der Waals surface area contributed by atoms with Gasteiger partial charge in [-0.3, -0.25) is 14.8 Å². The average molecular weight is 307 g/mol. The third kappa shape index (κ3) is 2.16. The number of likely N-dealkylation sites (tertiary alicyclic amines) is 1. The Morgan fingerprint density at radius 2 is 2.13 bits per heavy atom. The number of aryl methyl sites for hydroxylation is 1. The Hall–Kier alpha value is -2.23. The van der Waals surface area contributed by atoms with E-state index in [0.717, 1.165) is 30.5 Å². The SMILES string of the molecule is CN1C(=O)CC[C@]2(C)c3ccc(-c4cnccn4)cc3CC[C@@H]12. The van der Waals surface area contributed by atoms with Gasteiger partial charge in [-0.25, -0.2) is 0 Å². The van der Waals surface area contributed by atoms with Crippen molar-refractivity contribution in [1.82, 2.24) is 14.9 Å². The van der Waals surface area contributed by atoms with Gasteiger partial charge in [-0.15, -0.1) is 0 Å². The number of hydrogen-bond donors (Lipinski definition) is 0. The smallest absolute Gasteiger partial charge is 0.222 e. The van der Waals surface area contributed by atoms with Gasteiger partial charge in [-0.2, -0.15) is 0 Å². The van der Waals surface area contributed by atoms with E-state index in [2.05, 4.69) is 35.1 Å². The zero-order valence-corrected chi connectivity index (χ0v) is 13.6. The molecule has 2 aliphatic rings. The molecule has 1 saturated heterocycles. The Morgan fingerprint density at radius 1 is 1.26 bits per heavy atom. The van der Waals surface area contributed by atoms with Gasteiger partial charge in [0.05, 0.1) is 11.9 Å². The molecule has 1 aliphatic carbocycles. The van der Waals surface area contributed by atoms with Gasteiger partial charge in [0.2, 0.25) is 5.91 Å². The van der Waals surface area contributed by atoms with Crippen molar-refractivity contribution < 1.29 is 4.79 Å². The summed E-state index contributed by atoms with van der Waals surface area (Å²) in [6.07, 6.45) is 8.88. The minimum absolute atomic E-state index is 0.0666. The molecule has 0 bridgehead atoms. The molecule has 2 atom stereocenters. The number of hydrogen-bond acceptors (Lipinski definition) is 3. The van der Waals surface area contributed by atoms with Crippen molar-refractivity contribution in [2.24, 2.45) is 0 Å². The predicted octanol–water partition coefficient (Wildman–Crippen LogP) is 2.97. The topological polar surface area (TPSA) is 46.1 Å². The molecule has 4 heteroatoms. The lowest BCUT2D eigenvalue weighted by molar-refractivity contribution is -0.138. The van der Waals surface area contributed by atoms with Gasteiger partial charge in [0.1, 0.15) is 0 Å². The van der Waals surface area contributed by atoms with Crippen LogP contribution in [0, 0.1) is 0 Å². The molecule has 1 aromatic heterocycles. The number of aromatic nitrogens is 2. The van der Waals surface area contributed by atoms with Crippen LogP contribution in [-0.4, -0.2) is 33.9 Å². The lowest BCUT2D eigenvalue weighted by Crippen LogP contribution is -2.56. The van der Waals surface area contributed by atoms with Crippen LogP contribution < -0.4 is 0 Å². The van der Waals surface area contributed by atoms with Crippen molar-refractivity contribution in [3.63, 3.8) is 0 Å². The fourth-order valence-corrected chi connectivity index (χ4v) is 4.39. The first-order valence-corrected chi connectivity index (χ1v) is 8.25. The number of likely N-dealkylation sites (N-methyl/N-ethyl adjacent to an activating group) is 1. The number of piperidine rings is 1. The fourth-order valence-electron chi connectivity index (χ4n) is 4.39. The summed E-state index contributed by atoms with van der Waals surface area (Å²) in [5, 5.41) is 0. The van der Waals surface area contributed by atoms with E-state index in [-0.39, 0.29) is 11.3 Å². The van der Waals surface area contributed by atoms with Crippen molar-refractivity contribution in [3.05, 3.63) is 47.9 Å². The van der Waals surface area contributed by atoms with Crippen molar-refractivity contribution >= 4 is 5.91 Å². The number of carbonyl (C=O) groups is 1. The maximum atomic E-state index is 12.1. The first-order valence-electron chi connectivity index (χ1n) is 8.25. The predicted molar refractivity (Wildman–Crippen MR) is 88.9 cm³/mol. The highest BCUT2D eigenvalue weighted by atomic mass is 16.2. The van der Waals surface area contributed by atoms with E-state index in [1.54, 1.807) is 12.4 Å². The molecule has 0 unspecified atom stereocenters. The minimum Gasteiger partial charge on any atom is -0.342 e. The number of amides is 1. The summed E-state index contributed by atoms with van der Waals surface area (Å²) in [7, 11) is 1.96. The standard InChI is InChI=1S/C19H21N3O/c1-19-8-7-18(23)22(2)17(19)6-4-13-11-14(3-5-15(13)19)16-12-20-9-10-21-16/h3,5,9-12,17H,4,6-8H2,1-2H3/t17-,19-/m1/s1. The Labute approximate surface area is 136 Å². The summed E-state index contributed by atoms with van der Waals surface area (Å²) in [5.41, 5.74) is 4.91. The van der Waals surface area contributed by atoms with Crippen molar-refractivity contribution in [1.29, 1.82) is 0 Å². The van der Waals surface area contributed by atoms with E-state index < -0.39 is 0 Å². The second-order valence-electron chi connectivity index (χ2n) is 6.94. The van der Waals surface area contributed by atoms with Crippen LogP contribution in [0.3, 0.4) is 0 Å². The summed E-state index contributed by atoms with van der Waals surface area (Å²) in [6.45, 7) is 2.32. The van der Waals surface area contributed by atoms with Gasteiger partial charge in [-0.1, -0.05) is 19.1 Å². The van der Waals surface area contributed by atoms with E-state index in [1.165, 1.54) is 11.1 Å². The van der Waals surface area contributed by atoms with Crippen molar-refractivity contribution in [2.75, 3.05) is 7.05 Å². The fraction of sp³-hybridized carbons (Fsp3) is 0.421. The van der Waals surface area contributed by atoms with E-state index >= 15 is 0 Å². The number of benzene rings is 1. The molecule has 2 aromatic rings. The van der Waals surface area contributed by atoms with E-state index in [1.807, 2.05) is 18.1 Å². The van der Waals surface area contributed by atoms with E-state index in [0.29, 0.717) is 12.5 Å². The van der Waals surface area contributed by atoms with Gasteiger partial charge in [-0.05, 0) is 36.5 Å². The van der Waals surface area contributed by atoms with E-state index in [4.69, 9.17) is 0 Å². The molecule has 4 nitrogen and oxygen atoms in total. The highest BCUT2D eigenvalue weighted by Gasteiger charge is 2.46. The molecule has 1 aromatic carbocycles. The molecule has 0 spiro atoms. The third-order valence-corrected chi connectivity index (χ3v) is 5.72. The molecule has 4 rings (SSSR count). The summed E-state index contributed by atoms with van der Waals surface area (Å²) in [4.78, 5) is 22.6. The first kappa shape index (κ1) is 14.4. The molecule has 0 saturated carbocycles. The van der Waals surface area contributed by atoms with E-state index in [9.17, 15) is 4.79 Å². The quantitative estimate of drug-likeness (QED) is 0.813. The molecule has 23 heavy (non-hydrogen) atoms. The normalized spacial score (nSPS) is 26.6. The summed E-state index contributed by atoms with van der Waals surface area (Å²) < 4.78 is 0. The van der Waals surface area contributed by atoms with Crippen LogP contribution in [0.1, 0.15) is 37.3 Å². The Kier molecular flexibility index (Phi) is 3.22. The lowest BCUT2D eigenvalue weighted by atomic mass is 9.63. The van der Waals surface area contributed by atoms with Gasteiger partial charge < -0.3 is 4.90 Å². The average Bonchev–Trinajstić information content (AvgIpc) is 2.59. The van der Waals surface area contributed by atoms with Gasteiger partial charge in [0.15, 0.2) is 0 Å². The highest BCUT2D eigenvalue weighted by molar-refractivity contribution is 5.78. The molecule has 0 radical (unpaired) electrons. The first-order chi connectivity index (χ1) is 11.1. The molecule has 2 heterocycles. The molecule has 0 N–H and O–H groups in total. The van der Waals surface area contributed by atoms with Crippen molar-refractivity contribution in [3.8, 4) is 11.3 Å². The number of carbonyl (C=O) groups excluding carboxylic acids is 1. The maximum Gasteiger partial charge on any atom is 0.222 e. The molecular weight excluding hydrogens is 286 g/mol. The number of nitrogens with zero attached hydrogens (tertiary/aromatic N) is 3. The molecule has 1 amide bonds. The largest absolute Gasteiger partial charge is 0.342 e. The lowest BCUT2D eigenvalue weighted by Gasteiger charge is -2.50. The summed E-state index contributed by atoms with van der Waals surface area (Å²) >= 11 is 0.